The summed E-state index contributed by atoms with van der Waals surface area (Å²) in [5.74, 6) is 0.232. The van der Waals surface area contributed by atoms with E-state index in [9.17, 15) is 9.59 Å². The van der Waals surface area contributed by atoms with Crippen molar-refractivity contribution in [2.24, 2.45) is 5.92 Å². The molecule has 0 aliphatic heterocycles. The highest BCUT2D eigenvalue weighted by molar-refractivity contribution is 6.30. The number of ether oxygens (including phenoxy) is 1. The van der Waals surface area contributed by atoms with E-state index in [-0.39, 0.29) is 42.0 Å². The number of rotatable bonds is 9. The predicted octanol–water partition coefficient (Wildman–Crippen LogP) is 6.45. The molecule has 0 aliphatic rings. The summed E-state index contributed by atoms with van der Waals surface area (Å²) in [6.45, 7) is 4.45. The van der Waals surface area contributed by atoms with Crippen LogP contribution in [0.5, 0.6) is 0 Å². The fourth-order valence-corrected chi connectivity index (χ4v) is 4.84. The molecule has 2 heterocycles. The van der Waals surface area contributed by atoms with Gasteiger partial charge in [0.25, 0.3) is 0 Å². The molecule has 2 aromatic heterocycles. The van der Waals surface area contributed by atoms with Crippen LogP contribution >= 0.6 is 11.6 Å². The van der Waals surface area contributed by atoms with Gasteiger partial charge in [-0.15, -0.1) is 4.73 Å². The van der Waals surface area contributed by atoms with Gasteiger partial charge in [-0.25, -0.2) is 9.78 Å². The molecule has 0 N–H and O–H groups in total. The molecule has 7 nitrogen and oxygen atoms in total. The van der Waals surface area contributed by atoms with Gasteiger partial charge in [0.1, 0.15) is 18.9 Å². The van der Waals surface area contributed by atoms with Crippen molar-refractivity contribution in [3.05, 3.63) is 135 Å². The molecule has 0 bridgehead atoms. The third-order valence-electron chi connectivity index (χ3n) is 6.51. The van der Waals surface area contributed by atoms with Crippen LogP contribution in [-0.4, -0.2) is 20.4 Å². The summed E-state index contributed by atoms with van der Waals surface area (Å²) < 4.78 is 8.32. The first-order chi connectivity index (χ1) is 19.4. The maximum Gasteiger partial charge on any atom is 0.418 e. The summed E-state index contributed by atoms with van der Waals surface area (Å²) in [6, 6.07) is 26.6. The lowest BCUT2D eigenvalue weighted by Crippen LogP contribution is -2.34. The van der Waals surface area contributed by atoms with Gasteiger partial charge in [0, 0.05) is 18.0 Å². The monoisotopic (exact) mass is 555 g/mol. The van der Waals surface area contributed by atoms with Gasteiger partial charge in [-0.05, 0) is 35.1 Å². The molecule has 0 fully saturated rings. The average Bonchev–Trinajstić information content (AvgIpc) is 3.33. The first kappa shape index (κ1) is 27.2. The molecular weight excluding hydrogens is 526 g/mol. The van der Waals surface area contributed by atoms with E-state index in [4.69, 9.17) is 21.2 Å². The van der Waals surface area contributed by atoms with Crippen LogP contribution in [0.4, 0.5) is 4.79 Å². The Bertz CT molecular complexity index is 1680. The van der Waals surface area contributed by atoms with E-state index in [0.29, 0.717) is 17.6 Å². The zero-order chi connectivity index (χ0) is 28.1. The number of para-hydroxylation sites is 1. The van der Waals surface area contributed by atoms with Gasteiger partial charge in [-0.2, -0.15) is 0 Å². The number of carbonyl (C=O) groups excluding carboxylic acids is 1. The molecule has 8 heteroatoms. The second-order valence-corrected chi connectivity index (χ2v) is 10.4. The van der Waals surface area contributed by atoms with Crippen molar-refractivity contribution in [1.29, 1.82) is 0 Å². The summed E-state index contributed by atoms with van der Waals surface area (Å²) in [5.41, 5.74) is 3.64. The minimum atomic E-state index is -0.506. The molecule has 0 aliphatic carbocycles. The Hall–Kier alpha value is -4.36. The third-order valence-corrected chi connectivity index (χ3v) is 6.81. The minimum absolute atomic E-state index is 0.152. The molecule has 3 aromatic carbocycles. The molecule has 0 atom stereocenters. The molecule has 0 amide bonds. The number of benzene rings is 3. The van der Waals surface area contributed by atoms with Crippen molar-refractivity contribution >= 4 is 28.6 Å². The zero-order valence-corrected chi connectivity index (χ0v) is 23.2. The van der Waals surface area contributed by atoms with Crippen LogP contribution in [0.1, 0.15) is 41.9 Å². The summed E-state index contributed by atoms with van der Waals surface area (Å²) in [5, 5.41) is 1.04. The Morgan fingerprint density at radius 1 is 0.900 bits per heavy atom. The highest BCUT2D eigenvalue weighted by Gasteiger charge is 2.21. The van der Waals surface area contributed by atoms with Gasteiger partial charge in [0.15, 0.2) is 5.15 Å². The van der Waals surface area contributed by atoms with E-state index >= 15 is 0 Å². The summed E-state index contributed by atoms with van der Waals surface area (Å²) >= 11 is 6.64. The summed E-state index contributed by atoms with van der Waals surface area (Å²) in [6.07, 6.45) is 1.88. The molecule has 0 unspecified atom stereocenters. The van der Waals surface area contributed by atoms with E-state index in [2.05, 4.69) is 4.98 Å². The number of aromatic nitrogens is 3. The molecule has 0 spiro atoms. The normalized spacial score (nSPS) is 11.2. The van der Waals surface area contributed by atoms with Crippen molar-refractivity contribution < 1.29 is 14.4 Å². The fraction of sp³-hybridized carbons (Fsp3) is 0.219. The second kappa shape index (κ2) is 12.2. The number of carbonyl (C=O) groups is 1. The molecule has 5 aromatic rings. The maximum atomic E-state index is 13.7. The highest BCUT2D eigenvalue weighted by atomic mass is 35.5. The van der Waals surface area contributed by atoms with E-state index in [1.807, 2.05) is 98.8 Å². The van der Waals surface area contributed by atoms with Gasteiger partial charge in [-0.3, -0.25) is 9.36 Å². The predicted molar refractivity (Wildman–Crippen MR) is 156 cm³/mol. The van der Waals surface area contributed by atoms with Crippen LogP contribution in [-0.2, 0) is 30.8 Å². The van der Waals surface area contributed by atoms with Crippen molar-refractivity contribution in [2.45, 2.75) is 39.9 Å². The number of nitrogens with zero attached hydrogens (tertiary/aromatic N) is 3. The molecule has 204 valence electrons. The Morgan fingerprint density at radius 3 is 2.20 bits per heavy atom. The molecule has 40 heavy (non-hydrogen) atoms. The van der Waals surface area contributed by atoms with Crippen LogP contribution in [0.25, 0.3) is 10.9 Å². The van der Waals surface area contributed by atoms with E-state index in [1.54, 1.807) is 6.20 Å². The topological polar surface area (TPSA) is 75.4 Å². The van der Waals surface area contributed by atoms with Gasteiger partial charge in [0.2, 0.25) is 0 Å². The first-order valence-electron chi connectivity index (χ1n) is 13.2. The van der Waals surface area contributed by atoms with Crippen molar-refractivity contribution in [2.75, 3.05) is 0 Å². The molecule has 0 saturated heterocycles. The second-order valence-electron chi connectivity index (χ2n) is 10.0. The molecule has 0 saturated carbocycles. The van der Waals surface area contributed by atoms with Gasteiger partial charge < -0.3 is 9.57 Å². The number of halogens is 1. The lowest BCUT2D eigenvalue weighted by molar-refractivity contribution is 0.0801. The fourth-order valence-electron chi connectivity index (χ4n) is 4.58. The van der Waals surface area contributed by atoms with Crippen molar-refractivity contribution in [1.82, 2.24) is 14.3 Å². The summed E-state index contributed by atoms with van der Waals surface area (Å²) in [7, 11) is 0. The van der Waals surface area contributed by atoms with Gasteiger partial charge in [0.05, 0.1) is 11.2 Å². The Labute approximate surface area is 237 Å². The average molecular weight is 556 g/mol. The van der Waals surface area contributed by atoms with Crippen molar-refractivity contribution in [3.8, 4) is 0 Å². The van der Waals surface area contributed by atoms with E-state index in [0.717, 1.165) is 22.1 Å². The quantitative estimate of drug-likeness (QED) is 0.209. The smallest absolute Gasteiger partial charge is 0.418 e. The largest absolute Gasteiger partial charge is 0.444 e. The number of hydrogen-bond acceptors (Lipinski definition) is 5. The van der Waals surface area contributed by atoms with E-state index in [1.165, 1.54) is 9.30 Å². The highest BCUT2D eigenvalue weighted by Crippen LogP contribution is 2.24. The lowest BCUT2D eigenvalue weighted by atomic mass is 10.1. The van der Waals surface area contributed by atoms with Crippen LogP contribution in [0.2, 0.25) is 5.15 Å². The molecular formula is C32H30ClN3O4. The zero-order valence-electron chi connectivity index (χ0n) is 22.4. The number of hydrogen-bond donors (Lipinski definition) is 0. The standard InChI is InChI=1S/C32H30ClN3O4/c1-22(2)17-29-30(33)34-27(31(37)36(29)40-21-24-13-7-4-8-14-24)18-25-19-35(28-16-10-9-15-26(25)28)32(38)39-20-23-11-5-3-6-12-23/h3-16,19,22H,17-18,20-21H2,1-2H3. The molecule has 5 rings (SSSR count). The molecule has 0 radical (unpaired) electrons. The minimum Gasteiger partial charge on any atom is -0.444 e. The van der Waals surface area contributed by atoms with Crippen LogP contribution in [0.3, 0.4) is 0 Å². The van der Waals surface area contributed by atoms with Gasteiger partial charge >= 0.3 is 11.7 Å². The van der Waals surface area contributed by atoms with Crippen LogP contribution in [0, 0.1) is 5.92 Å². The maximum absolute atomic E-state index is 13.7. The van der Waals surface area contributed by atoms with Crippen molar-refractivity contribution in [3.63, 3.8) is 0 Å². The third kappa shape index (κ3) is 6.10. The SMILES string of the molecule is CC(C)Cc1c(Cl)nc(Cc2cn(C(=O)OCc3ccccc3)c3ccccc23)c(=O)n1OCc1ccccc1. The van der Waals surface area contributed by atoms with Crippen LogP contribution < -0.4 is 10.4 Å². The Kier molecular flexibility index (Phi) is 8.31. The van der Waals surface area contributed by atoms with E-state index < -0.39 is 6.09 Å². The lowest BCUT2D eigenvalue weighted by Gasteiger charge is -2.17. The van der Waals surface area contributed by atoms with Crippen LogP contribution in [0.15, 0.2) is 95.9 Å². The Balaban J connectivity index is 1.47. The number of fused-ring (bicyclic) bond motifs is 1. The summed E-state index contributed by atoms with van der Waals surface area (Å²) in [4.78, 5) is 37.3. The van der Waals surface area contributed by atoms with Gasteiger partial charge in [-0.1, -0.05) is 104 Å². The Morgan fingerprint density at radius 2 is 1.52 bits per heavy atom. The first-order valence-corrected chi connectivity index (χ1v) is 13.6.